The summed E-state index contributed by atoms with van der Waals surface area (Å²) >= 11 is 0. The van der Waals surface area contributed by atoms with Crippen molar-refractivity contribution in [2.45, 2.75) is 25.8 Å². The molecule has 6 nitrogen and oxygen atoms in total. The van der Waals surface area contributed by atoms with Gasteiger partial charge in [-0.3, -0.25) is 9.59 Å². The molecular weight excluding hydrogens is 286 g/mol. The van der Waals surface area contributed by atoms with Crippen LogP contribution in [0.3, 0.4) is 0 Å². The van der Waals surface area contributed by atoms with Crippen molar-refractivity contribution in [3.63, 3.8) is 0 Å². The second-order valence-corrected chi connectivity index (χ2v) is 5.14. The molecule has 0 heterocycles. The lowest BCUT2D eigenvalue weighted by Gasteiger charge is -2.17. The Bertz CT molecular complexity index is 538. The van der Waals surface area contributed by atoms with Crippen LogP contribution >= 0.6 is 0 Å². The molecule has 1 aromatic rings. The SMILES string of the molecule is C=C(CCOc1ccc(C)cc1)[C@@H](C[C@H](N)C(=O)O)C(=O)O. The van der Waals surface area contributed by atoms with E-state index in [1.165, 1.54) is 0 Å². The van der Waals surface area contributed by atoms with E-state index in [1.807, 2.05) is 31.2 Å². The van der Waals surface area contributed by atoms with E-state index in [-0.39, 0.29) is 13.0 Å². The maximum Gasteiger partial charge on any atom is 0.320 e. The van der Waals surface area contributed by atoms with Gasteiger partial charge in [0.2, 0.25) is 0 Å². The van der Waals surface area contributed by atoms with Crippen LogP contribution < -0.4 is 10.5 Å². The molecule has 0 saturated carbocycles. The largest absolute Gasteiger partial charge is 0.493 e. The van der Waals surface area contributed by atoms with Crippen LogP contribution in [0.5, 0.6) is 5.75 Å². The van der Waals surface area contributed by atoms with Crippen LogP contribution in [0, 0.1) is 12.8 Å². The van der Waals surface area contributed by atoms with Gasteiger partial charge in [0.1, 0.15) is 11.8 Å². The first-order chi connectivity index (χ1) is 10.3. The molecule has 1 aromatic carbocycles. The van der Waals surface area contributed by atoms with Gasteiger partial charge in [0.05, 0.1) is 12.5 Å². The van der Waals surface area contributed by atoms with Gasteiger partial charge in [-0.15, -0.1) is 0 Å². The molecule has 0 aliphatic heterocycles. The Morgan fingerprint density at radius 1 is 1.23 bits per heavy atom. The molecule has 0 bridgehead atoms. The number of benzene rings is 1. The van der Waals surface area contributed by atoms with Crippen LogP contribution in [0.15, 0.2) is 36.4 Å². The van der Waals surface area contributed by atoms with Crippen LogP contribution in [-0.4, -0.2) is 34.8 Å². The molecule has 0 fully saturated rings. The molecule has 120 valence electrons. The van der Waals surface area contributed by atoms with Crippen LogP contribution in [0.2, 0.25) is 0 Å². The summed E-state index contributed by atoms with van der Waals surface area (Å²) in [6, 6.07) is 6.25. The summed E-state index contributed by atoms with van der Waals surface area (Å²) < 4.78 is 5.51. The van der Waals surface area contributed by atoms with Crippen molar-refractivity contribution in [3.05, 3.63) is 42.0 Å². The van der Waals surface area contributed by atoms with E-state index in [2.05, 4.69) is 6.58 Å². The molecule has 0 aliphatic carbocycles. The zero-order valence-corrected chi connectivity index (χ0v) is 12.5. The Labute approximate surface area is 129 Å². The van der Waals surface area contributed by atoms with Gasteiger partial charge in [-0.25, -0.2) is 0 Å². The van der Waals surface area contributed by atoms with E-state index in [4.69, 9.17) is 15.6 Å². The normalized spacial score (nSPS) is 13.2. The highest BCUT2D eigenvalue weighted by molar-refractivity contribution is 5.77. The third-order valence-electron chi connectivity index (χ3n) is 3.31. The zero-order chi connectivity index (χ0) is 16.7. The first kappa shape index (κ1) is 17.7. The van der Waals surface area contributed by atoms with Crippen molar-refractivity contribution in [2.24, 2.45) is 11.7 Å². The quantitative estimate of drug-likeness (QED) is 0.600. The van der Waals surface area contributed by atoms with E-state index in [0.717, 1.165) is 5.56 Å². The molecule has 1 rings (SSSR count). The molecule has 0 unspecified atom stereocenters. The lowest BCUT2D eigenvalue weighted by molar-refractivity contribution is -0.142. The predicted molar refractivity (Wildman–Crippen MR) is 81.8 cm³/mol. The maximum atomic E-state index is 11.2. The third-order valence-corrected chi connectivity index (χ3v) is 3.31. The summed E-state index contributed by atoms with van der Waals surface area (Å²) in [7, 11) is 0. The Kier molecular flexibility index (Phi) is 6.59. The van der Waals surface area contributed by atoms with Crippen LogP contribution in [0.4, 0.5) is 0 Å². The van der Waals surface area contributed by atoms with Gasteiger partial charge in [-0.1, -0.05) is 29.8 Å². The van der Waals surface area contributed by atoms with E-state index < -0.39 is 23.9 Å². The number of nitrogens with two attached hydrogens (primary N) is 1. The molecule has 0 radical (unpaired) electrons. The van der Waals surface area contributed by atoms with Crippen molar-refractivity contribution in [1.29, 1.82) is 0 Å². The Morgan fingerprint density at radius 3 is 2.32 bits per heavy atom. The van der Waals surface area contributed by atoms with Crippen molar-refractivity contribution in [1.82, 2.24) is 0 Å². The minimum Gasteiger partial charge on any atom is -0.493 e. The average Bonchev–Trinajstić information content (AvgIpc) is 2.45. The number of carboxylic acid groups (broad SMARTS) is 2. The summed E-state index contributed by atoms with van der Waals surface area (Å²) in [5.41, 5.74) is 6.91. The molecule has 2 atom stereocenters. The molecule has 6 heteroatoms. The van der Waals surface area contributed by atoms with Gasteiger partial charge in [0.25, 0.3) is 0 Å². The third kappa shape index (κ3) is 5.57. The van der Waals surface area contributed by atoms with Crippen molar-refractivity contribution < 1.29 is 24.5 Å². The van der Waals surface area contributed by atoms with Gasteiger partial charge in [0.15, 0.2) is 0 Å². The number of rotatable bonds is 9. The monoisotopic (exact) mass is 307 g/mol. The first-order valence-corrected chi connectivity index (χ1v) is 6.89. The maximum absolute atomic E-state index is 11.2. The highest BCUT2D eigenvalue weighted by Gasteiger charge is 2.26. The molecule has 0 aromatic heterocycles. The standard InChI is InChI=1S/C16H21NO5/c1-10-3-5-12(6-4-10)22-8-7-11(2)13(15(18)19)9-14(17)16(20)21/h3-6,13-14H,2,7-9,17H2,1H3,(H,18,19)(H,20,21)/t13-,14+/m1/s1. The first-order valence-electron chi connectivity index (χ1n) is 6.89. The molecule has 0 aliphatic rings. The lowest BCUT2D eigenvalue weighted by Crippen LogP contribution is -2.35. The highest BCUT2D eigenvalue weighted by atomic mass is 16.5. The molecular formula is C16H21NO5. The number of hydrogen-bond donors (Lipinski definition) is 3. The number of aryl methyl sites for hydroxylation is 1. The Morgan fingerprint density at radius 2 is 1.82 bits per heavy atom. The van der Waals surface area contributed by atoms with Gasteiger partial charge in [-0.2, -0.15) is 0 Å². The highest BCUT2D eigenvalue weighted by Crippen LogP contribution is 2.20. The van der Waals surface area contributed by atoms with Gasteiger partial charge >= 0.3 is 11.9 Å². The number of hydrogen-bond acceptors (Lipinski definition) is 4. The van der Waals surface area contributed by atoms with Crippen molar-refractivity contribution in [3.8, 4) is 5.75 Å². The molecule has 0 amide bonds. The fourth-order valence-corrected chi connectivity index (χ4v) is 1.91. The van der Waals surface area contributed by atoms with E-state index >= 15 is 0 Å². The van der Waals surface area contributed by atoms with Gasteiger partial charge in [0, 0.05) is 6.42 Å². The van der Waals surface area contributed by atoms with Crippen LogP contribution in [-0.2, 0) is 9.59 Å². The van der Waals surface area contributed by atoms with E-state index in [0.29, 0.717) is 17.7 Å². The topological polar surface area (TPSA) is 110 Å². The fraction of sp³-hybridized carbons (Fsp3) is 0.375. The van der Waals surface area contributed by atoms with Crippen LogP contribution in [0.1, 0.15) is 18.4 Å². The summed E-state index contributed by atoms with van der Waals surface area (Å²) in [6.07, 6.45) is 0.130. The minimum atomic E-state index is -1.23. The predicted octanol–water partition coefficient (Wildman–Crippen LogP) is 1.82. The van der Waals surface area contributed by atoms with Gasteiger partial charge < -0.3 is 20.7 Å². The summed E-state index contributed by atoms with van der Waals surface area (Å²) in [5.74, 6) is -2.66. The number of ether oxygens (including phenoxy) is 1. The average molecular weight is 307 g/mol. The second kappa shape index (κ2) is 8.19. The van der Waals surface area contributed by atoms with Crippen molar-refractivity contribution >= 4 is 11.9 Å². The fourth-order valence-electron chi connectivity index (χ4n) is 1.91. The molecule has 0 saturated heterocycles. The molecule has 0 spiro atoms. The summed E-state index contributed by atoms with van der Waals surface area (Å²) in [5, 5.41) is 17.9. The van der Waals surface area contributed by atoms with Gasteiger partial charge in [-0.05, 0) is 25.5 Å². The second-order valence-electron chi connectivity index (χ2n) is 5.14. The Hall–Kier alpha value is -2.34. The van der Waals surface area contributed by atoms with E-state index in [9.17, 15) is 14.7 Å². The van der Waals surface area contributed by atoms with E-state index in [1.54, 1.807) is 0 Å². The Balaban J connectivity index is 2.51. The number of carbonyl (C=O) groups is 2. The zero-order valence-electron chi connectivity index (χ0n) is 12.5. The molecule has 22 heavy (non-hydrogen) atoms. The minimum absolute atomic E-state index is 0.186. The van der Waals surface area contributed by atoms with Crippen molar-refractivity contribution in [2.75, 3.05) is 6.61 Å². The lowest BCUT2D eigenvalue weighted by atomic mass is 9.91. The summed E-state index contributed by atoms with van der Waals surface area (Å²) in [6.45, 7) is 5.96. The number of aliphatic carboxylic acids is 2. The van der Waals surface area contributed by atoms with Crippen LogP contribution in [0.25, 0.3) is 0 Å². The summed E-state index contributed by atoms with van der Waals surface area (Å²) in [4.78, 5) is 22.0. The number of carboxylic acids is 2. The molecule has 4 N–H and O–H groups in total. The smallest absolute Gasteiger partial charge is 0.320 e.